The molecule has 0 unspecified atom stereocenters. The van der Waals surface area contributed by atoms with Gasteiger partial charge in [0.15, 0.2) is 0 Å². The molecule has 21 heavy (non-hydrogen) atoms. The van der Waals surface area contributed by atoms with Crippen molar-refractivity contribution in [1.82, 2.24) is 5.32 Å². The zero-order valence-corrected chi connectivity index (χ0v) is 13.9. The number of aliphatic carboxylic acids is 1. The highest BCUT2D eigenvalue weighted by Gasteiger charge is 2.42. The van der Waals surface area contributed by atoms with Crippen LogP contribution in [0.25, 0.3) is 0 Å². The molecule has 0 heterocycles. The van der Waals surface area contributed by atoms with Crippen molar-refractivity contribution in [2.24, 2.45) is 5.41 Å². The molecular weight excluding hydrogens is 266 g/mol. The van der Waals surface area contributed by atoms with Gasteiger partial charge in [-0.1, -0.05) is 6.07 Å². The van der Waals surface area contributed by atoms with Gasteiger partial charge in [-0.3, -0.25) is 4.79 Å². The molecule has 2 N–H and O–H groups in total. The summed E-state index contributed by atoms with van der Waals surface area (Å²) in [5.74, 6) is 0.0415. The van der Waals surface area contributed by atoms with Crippen LogP contribution in [0.4, 0.5) is 0 Å². The average Bonchev–Trinajstić information content (AvgIpc) is 2.33. The molecule has 118 valence electrons. The summed E-state index contributed by atoms with van der Waals surface area (Å²) in [6.45, 7) is 12.4. The number of nitrogens with one attached hydrogen (secondary N) is 1. The molecule has 0 aliphatic rings. The Morgan fingerprint density at radius 1 is 1.14 bits per heavy atom. The first-order chi connectivity index (χ1) is 9.56. The predicted octanol–water partition coefficient (Wildman–Crippen LogP) is 3.16. The van der Waals surface area contributed by atoms with Crippen molar-refractivity contribution in [2.45, 2.75) is 47.1 Å². The van der Waals surface area contributed by atoms with E-state index in [1.807, 2.05) is 39.8 Å². The number of rotatable bonds is 7. The molecular formula is C17H27NO3. The van der Waals surface area contributed by atoms with E-state index in [1.54, 1.807) is 13.8 Å². The van der Waals surface area contributed by atoms with Gasteiger partial charge in [0.1, 0.15) is 12.4 Å². The molecule has 1 aromatic carbocycles. The van der Waals surface area contributed by atoms with E-state index >= 15 is 0 Å². The fourth-order valence-corrected chi connectivity index (χ4v) is 2.04. The van der Waals surface area contributed by atoms with Crippen LogP contribution in [0.5, 0.6) is 5.75 Å². The summed E-state index contributed by atoms with van der Waals surface area (Å²) in [5.41, 5.74) is 0.966. The topological polar surface area (TPSA) is 58.6 Å². The zero-order chi connectivity index (χ0) is 16.3. The second-order valence-corrected chi connectivity index (χ2v) is 6.65. The minimum Gasteiger partial charge on any atom is -0.492 e. The van der Waals surface area contributed by atoms with Crippen molar-refractivity contribution in [3.05, 3.63) is 29.3 Å². The van der Waals surface area contributed by atoms with Crippen molar-refractivity contribution in [3.8, 4) is 5.75 Å². The maximum atomic E-state index is 11.3. The monoisotopic (exact) mass is 293 g/mol. The van der Waals surface area contributed by atoms with Crippen molar-refractivity contribution >= 4 is 5.97 Å². The zero-order valence-electron chi connectivity index (χ0n) is 13.9. The first kappa shape index (κ1) is 17.5. The molecule has 0 fully saturated rings. The standard InChI is InChI=1S/C17H27NO3/c1-12-9-13(2)11-14(10-12)21-8-7-18-17(5,6)16(3,4)15(19)20/h9-11,18H,7-8H2,1-6H3,(H,19,20). The Morgan fingerprint density at radius 3 is 2.14 bits per heavy atom. The fourth-order valence-electron chi connectivity index (χ4n) is 2.04. The summed E-state index contributed by atoms with van der Waals surface area (Å²) < 4.78 is 5.73. The van der Waals surface area contributed by atoms with Crippen LogP contribution < -0.4 is 10.1 Å². The molecule has 4 nitrogen and oxygen atoms in total. The summed E-state index contributed by atoms with van der Waals surface area (Å²) in [4.78, 5) is 11.3. The van der Waals surface area contributed by atoms with Gasteiger partial charge in [-0.25, -0.2) is 0 Å². The molecule has 0 atom stereocenters. The summed E-state index contributed by atoms with van der Waals surface area (Å²) in [6, 6.07) is 6.10. The van der Waals surface area contributed by atoms with E-state index in [0.29, 0.717) is 13.2 Å². The van der Waals surface area contributed by atoms with Crippen LogP contribution in [-0.4, -0.2) is 29.8 Å². The number of carboxylic acids is 1. The highest BCUT2D eigenvalue weighted by atomic mass is 16.5. The van der Waals surface area contributed by atoms with Gasteiger partial charge in [-0.05, 0) is 64.8 Å². The van der Waals surface area contributed by atoms with E-state index in [9.17, 15) is 9.90 Å². The molecule has 1 rings (SSSR count). The number of carboxylic acid groups (broad SMARTS) is 1. The van der Waals surface area contributed by atoms with Crippen molar-refractivity contribution in [3.63, 3.8) is 0 Å². The number of aryl methyl sites for hydroxylation is 2. The normalized spacial score (nSPS) is 12.3. The Morgan fingerprint density at radius 2 is 1.67 bits per heavy atom. The molecule has 0 radical (unpaired) electrons. The summed E-state index contributed by atoms with van der Waals surface area (Å²) in [7, 11) is 0. The minimum atomic E-state index is -0.854. The molecule has 0 saturated carbocycles. The molecule has 0 aromatic heterocycles. The van der Waals surface area contributed by atoms with Crippen LogP contribution in [0, 0.1) is 19.3 Å². The van der Waals surface area contributed by atoms with Gasteiger partial charge in [-0.2, -0.15) is 0 Å². The molecule has 0 bridgehead atoms. The quantitative estimate of drug-likeness (QED) is 0.758. The molecule has 1 aromatic rings. The molecule has 0 amide bonds. The predicted molar refractivity (Wildman–Crippen MR) is 84.9 cm³/mol. The third-order valence-electron chi connectivity index (χ3n) is 4.23. The highest BCUT2D eigenvalue weighted by Crippen LogP contribution is 2.30. The van der Waals surface area contributed by atoms with Crippen LogP contribution in [0.2, 0.25) is 0 Å². The van der Waals surface area contributed by atoms with Crippen LogP contribution in [0.1, 0.15) is 38.8 Å². The van der Waals surface area contributed by atoms with Crippen molar-refractivity contribution < 1.29 is 14.6 Å². The summed E-state index contributed by atoms with van der Waals surface area (Å²) >= 11 is 0. The number of carbonyl (C=O) groups is 1. The van der Waals surface area contributed by atoms with E-state index in [-0.39, 0.29) is 0 Å². The lowest BCUT2D eigenvalue weighted by Crippen LogP contribution is -2.55. The second kappa shape index (κ2) is 6.48. The number of hydrogen-bond acceptors (Lipinski definition) is 3. The van der Waals surface area contributed by atoms with Gasteiger partial charge in [0.25, 0.3) is 0 Å². The van der Waals surface area contributed by atoms with Gasteiger partial charge in [0.05, 0.1) is 5.41 Å². The highest BCUT2D eigenvalue weighted by molar-refractivity contribution is 5.75. The van der Waals surface area contributed by atoms with Crippen LogP contribution in [0.3, 0.4) is 0 Å². The molecule has 0 saturated heterocycles. The Bertz CT molecular complexity index is 487. The van der Waals surface area contributed by atoms with Crippen LogP contribution in [0.15, 0.2) is 18.2 Å². The maximum absolute atomic E-state index is 11.3. The summed E-state index contributed by atoms with van der Waals surface area (Å²) in [5, 5.41) is 12.6. The number of hydrogen-bond donors (Lipinski definition) is 2. The Labute approximate surface area is 127 Å². The Balaban J connectivity index is 2.52. The minimum absolute atomic E-state index is 0.502. The van der Waals surface area contributed by atoms with Gasteiger partial charge >= 0.3 is 5.97 Å². The second-order valence-electron chi connectivity index (χ2n) is 6.65. The lowest BCUT2D eigenvalue weighted by atomic mass is 9.74. The van der Waals surface area contributed by atoms with Gasteiger partial charge in [0.2, 0.25) is 0 Å². The number of ether oxygens (including phenoxy) is 1. The average molecular weight is 293 g/mol. The molecule has 0 spiro atoms. The largest absolute Gasteiger partial charge is 0.492 e. The molecule has 0 aliphatic heterocycles. The van der Waals surface area contributed by atoms with Gasteiger partial charge in [0, 0.05) is 12.1 Å². The van der Waals surface area contributed by atoms with Gasteiger partial charge < -0.3 is 15.2 Å². The van der Waals surface area contributed by atoms with Crippen LogP contribution in [-0.2, 0) is 4.79 Å². The first-order valence-electron chi connectivity index (χ1n) is 7.26. The maximum Gasteiger partial charge on any atom is 0.310 e. The smallest absolute Gasteiger partial charge is 0.310 e. The van der Waals surface area contributed by atoms with E-state index in [4.69, 9.17) is 4.74 Å². The first-order valence-corrected chi connectivity index (χ1v) is 7.26. The van der Waals surface area contributed by atoms with Gasteiger partial charge in [-0.15, -0.1) is 0 Å². The van der Waals surface area contributed by atoms with E-state index in [0.717, 1.165) is 5.75 Å². The number of benzene rings is 1. The third kappa shape index (κ3) is 4.46. The van der Waals surface area contributed by atoms with E-state index < -0.39 is 16.9 Å². The Kier molecular flexibility index (Phi) is 5.40. The van der Waals surface area contributed by atoms with E-state index in [2.05, 4.69) is 11.4 Å². The summed E-state index contributed by atoms with van der Waals surface area (Å²) in [6.07, 6.45) is 0. The van der Waals surface area contributed by atoms with Crippen molar-refractivity contribution in [1.29, 1.82) is 0 Å². The lowest BCUT2D eigenvalue weighted by Gasteiger charge is -2.39. The van der Waals surface area contributed by atoms with Crippen LogP contribution >= 0.6 is 0 Å². The Hall–Kier alpha value is -1.55. The van der Waals surface area contributed by atoms with Crippen molar-refractivity contribution in [2.75, 3.05) is 13.2 Å². The third-order valence-corrected chi connectivity index (χ3v) is 4.23. The SMILES string of the molecule is Cc1cc(C)cc(OCCNC(C)(C)C(C)(C)C(=O)O)c1. The van der Waals surface area contributed by atoms with E-state index in [1.165, 1.54) is 11.1 Å². The molecule has 0 aliphatic carbocycles. The molecule has 4 heteroatoms. The lowest BCUT2D eigenvalue weighted by molar-refractivity contribution is -0.151. The fraction of sp³-hybridized carbons (Fsp3) is 0.588.